The van der Waals surface area contributed by atoms with Crippen LogP contribution < -0.4 is 10.9 Å². The summed E-state index contributed by atoms with van der Waals surface area (Å²) in [6.07, 6.45) is 2.86. The summed E-state index contributed by atoms with van der Waals surface area (Å²) in [5.41, 5.74) is 0.879. The Morgan fingerprint density at radius 1 is 1.53 bits per heavy atom. The molecule has 0 spiro atoms. The quantitative estimate of drug-likeness (QED) is 0.780. The molecule has 4 heteroatoms. The molecule has 0 saturated heterocycles. The number of methoxy groups -OCH3 is 1. The van der Waals surface area contributed by atoms with Gasteiger partial charge in [0.25, 0.3) is 5.56 Å². The first-order valence-corrected chi connectivity index (χ1v) is 6.09. The molecule has 1 N–H and O–H groups in total. The third kappa shape index (κ3) is 4.32. The Bertz CT molecular complexity index is 387. The van der Waals surface area contributed by atoms with Gasteiger partial charge in [-0.2, -0.15) is 0 Å². The van der Waals surface area contributed by atoms with Crippen molar-refractivity contribution in [1.29, 1.82) is 0 Å². The normalized spacial score (nSPS) is 12.6. The molecule has 96 valence electrons. The van der Waals surface area contributed by atoms with Gasteiger partial charge in [0.2, 0.25) is 0 Å². The van der Waals surface area contributed by atoms with Crippen LogP contribution in [0.3, 0.4) is 0 Å². The van der Waals surface area contributed by atoms with E-state index in [0.717, 1.165) is 12.0 Å². The molecule has 0 amide bonds. The Hall–Kier alpha value is -1.13. The summed E-state index contributed by atoms with van der Waals surface area (Å²) in [7, 11) is 1.64. The first-order valence-electron chi connectivity index (χ1n) is 6.09. The van der Waals surface area contributed by atoms with Crippen LogP contribution in [-0.2, 0) is 17.8 Å². The van der Waals surface area contributed by atoms with E-state index in [9.17, 15) is 4.79 Å². The number of rotatable bonds is 7. The third-order valence-electron chi connectivity index (χ3n) is 2.89. The van der Waals surface area contributed by atoms with Crippen molar-refractivity contribution >= 4 is 0 Å². The minimum atomic E-state index is 0.0698. The second-order valence-corrected chi connectivity index (χ2v) is 4.21. The fraction of sp³-hybridized carbons (Fsp3) is 0.615. The van der Waals surface area contributed by atoms with Crippen LogP contribution in [0.1, 0.15) is 25.8 Å². The number of nitrogens with zero attached hydrogens (tertiary/aromatic N) is 1. The van der Waals surface area contributed by atoms with Crippen LogP contribution in [-0.4, -0.2) is 24.3 Å². The summed E-state index contributed by atoms with van der Waals surface area (Å²) in [4.78, 5) is 12.0. The molecule has 0 saturated carbocycles. The Labute approximate surface area is 103 Å². The van der Waals surface area contributed by atoms with E-state index < -0.39 is 0 Å². The maximum Gasteiger partial charge on any atom is 0.255 e. The van der Waals surface area contributed by atoms with Crippen LogP contribution in [0, 0.1) is 0 Å². The van der Waals surface area contributed by atoms with Gasteiger partial charge in [-0.05, 0) is 19.4 Å². The van der Waals surface area contributed by atoms with Gasteiger partial charge in [-0.1, -0.05) is 13.0 Å². The lowest BCUT2D eigenvalue weighted by molar-refractivity contribution is 0.186. The molecule has 1 aromatic rings. The lowest BCUT2D eigenvalue weighted by Crippen LogP contribution is -2.31. The largest absolute Gasteiger partial charge is 0.383 e. The van der Waals surface area contributed by atoms with E-state index in [-0.39, 0.29) is 5.56 Å². The van der Waals surface area contributed by atoms with E-state index in [1.807, 2.05) is 12.1 Å². The predicted octanol–water partition coefficient (Wildman–Crippen LogP) is 1.38. The van der Waals surface area contributed by atoms with Crippen LogP contribution in [0.5, 0.6) is 0 Å². The highest BCUT2D eigenvalue weighted by atomic mass is 16.5. The van der Waals surface area contributed by atoms with Crippen molar-refractivity contribution in [3.63, 3.8) is 0 Å². The zero-order valence-electron chi connectivity index (χ0n) is 10.9. The van der Waals surface area contributed by atoms with Crippen molar-refractivity contribution in [3.8, 4) is 0 Å². The molecule has 17 heavy (non-hydrogen) atoms. The number of nitrogens with one attached hydrogen (secondary N) is 1. The van der Waals surface area contributed by atoms with E-state index >= 15 is 0 Å². The van der Waals surface area contributed by atoms with Gasteiger partial charge >= 0.3 is 0 Å². The van der Waals surface area contributed by atoms with Gasteiger partial charge in [-0.3, -0.25) is 4.79 Å². The van der Waals surface area contributed by atoms with E-state index in [1.165, 1.54) is 0 Å². The zero-order chi connectivity index (χ0) is 12.7. The highest BCUT2D eigenvalue weighted by Gasteiger charge is 2.04. The topological polar surface area (TPSA) is 43.3 Å². The van der Waals surface area contributed by atoms with E-state index in [0.29, 0.717) is 25.7 Å². The van der Waals surface area contributed by atoms with Gasteiger partial charge in [0.15, 0.2) is 0 Å². The van der Waals surface area contributed by atoms with E-state index in [2.05, 4.69) is 19.2 Å². The van der Waals surface area contributed by atoms with E-state index in [1.54, 1.807) is 17.9 Å². The molecular weight excluding hydrogens is 216 g/mol. The number of ether oxygens (including phenoxy) is 1. The van der Waals surface area contributed by atoms with Crippen molar-refractivity contribution in [1.82, 2.24) is 9.88 Å². The molecule has 0 fully saturated rings. The molecule has 0 aliphatic rings. The molecule has 1 aromatic heterocycles. The summed E-state index contributed by atoms with van der Waals surface area (Å²) >= 11 is 0. The second kappa shape index (κ2) is 7.25. The van der Waals surface area contributed by atoms with Gasteiger partial charge in [0.05, 0.1) is 6.61 Å². The average molecular weight is 238 g/mol. The lowest BCUT2D eigenvalue weighted by atomic mass is 10.2. The molecule has 1 unspecified atom stereocenters. The lowest BCUT2D eigenvalue weighted by Gasteiger charge is -2.12. The fourth-order valence-electron chi connectivity index (χ4n) is 1.52. The number of hydrogen-bond acceptors (Lipinski definition) is 3. The van der Waals surface area contributed by atoms with Crippen LogP contribution in [0.15, 0.2) is 23.1 Å². The molecule has 0 aliphatic carbocycles. The molecule has 0 radical (unpaired) electrons. The molecule has 0 aliphatic heterocycles. The fourth-order valence-corrected chi connectivity index (χ4v) is 1.52. The molecule has 0 bridgehead atoms. The smallest absolute Gasteiger partial charge is 0.255 e. The van der Waals surface area contributed by atoms with Crippen LogP contribution in [0.25, 0.3) is 0 Å². The summed E-state index contributed by atoms with van der Waals surface area (Å²) in [5, 5.41) is 3.33. The zero-order valence-corrected chi connectivity index (χ0v) is 10.9. The molecule has 1 heterocycles. The standard InChI is InChI=1S/C13H22N2O2/c1-4-11(2)14-10-12-6-5-7-15(13(12)16)8-9-17-3/h5-7,11,14H,4,8-10H2,1-3H3. The summed E-state index contributed by atoms with van der Waals surface area (Å²) in [6.45, 7) is 6.03. The Kier molecular flexibility index (Phi) is 5.94. The second-order valence-electron chi connectivity index (χ2n) is 4.21. The first kappa shape index (κ1) is 13.9. The maximum atomic E-state index is 12.0. The van der Waals surface area contributed by atoms with Gasteiger partial charge in [0, 0.05) is 38.0 Å². The van der Waals surface area contributed by atoms with Crippen LogP contribution in [0.4, 0.5) is 0 Å². The van der Waals surface area contributed by atoms with Crippen LogP contribution >= 0.6 is 0 Å². The monoisotopic (exact) mass is 238 g/mol. The van der Waals surface area contributed by atoms with Gasteiger partial charge in [-0.25, -0.2) is 0 Å². The summed E-state index contributed by atoms with van der Waals surface area (Å²) in [5.74, 6) is 0. The van der Waals surface area contributed by atoms with Crippen molar-refractivity contribution in [2.24, 2.45) is 0 Å². The van der Waals surface area contributed by atoms with E-state index in [4.69, 9.17) is 4.74 Å². The Morgan fingerprint density at radius 3 is 2.94 bits per heavy atom. The Balaban J connectivity index is 2.69. The van der Waals surface area contributed by atoms with Gasteiger partial charge in [0.1, 0.15) is 0 Å². The summed E-state index contributed by atoms with van der Waals surface area (Å²) in [6, 6.07) is 4.22. The predicted molar refractivity (Wildman–Crippen MR) is 69.2 cm³/mol. The molecule has 4 nitrogen and oxygen atoms in total. The van der Waals surface area contributed by atoms with Gasteiger partial charge in [-0.15, -0.1) is 0 Å². The third-order valence-corrected chi connectivity index (χ3v) is 2.89. The minimum absolute atomic E-state index is 0.0698. The van der Waals surface area contributed by atoms with Crippen molar-refractivity contribution in [3.05, 3.63) is 34.2 Å². The average Bonchev–Trinajstić information content (AvgIpc) is 2.35. The highest BCUT2D eigenvalue weighted by molar-refractivity contribution is 5.10. The maximum absolute atomic E-state index is 12.0. The molecular formula is C13H22N2O2. The minimum Gasteiger partial charge on any atom is -0.383 e. The highest BCUT2D eigenvalue weighted by Crippen LogP contribution is 1.95. The molecule has 1 rings (SSSR count). The van der Waals surface area contributed by atoms with Crippen molar-refractivity contribution in [2.45, 2.75) is 39.4 Å². The number of aromatic nitrogens is 1. The number of pyridine rings is 1. The molecule has 1 atom stereocenters. The Morgan fingerprint density at radius 2 is 2.29 bits per heavy atom. The molecule has 0 aromatic carbocycles. The van der Waals surface area contributed by atoms with Crippen LogP contribution in [0.2, 0.25) is 0 Å². The first-order chi connectivity index (χ1) is 8.19. The summed E-state index contributed by atoms with van der Waals surface area (Å²) < 4.78 is 6.67. The van der Waals surface area contributed by atoms with Crippen molar-refractivity contribution in [2.75, 3.05) is 13.7 Å². The SMILES string of the molecule is CCC(C)NCc1cccn(CCOC)c1=O. The van der Waals surface area contributed by atoms with Gasteiger partial charge < -0.3 is 14.6 Å². The van der Waals surface area contributed by atoms with Crippen molar-refractivity contribution < 1.29 is 4.74 Å². The number of hydrogen-bond donors (Lipinski definition) is 1.